The molecular formula is C12H14N4O2. The van der Waals surface area contributed by atoms with Crippen molar-refractivity contribution < 1.29 is 9.32 Å². The lowest BCUT2D eigenvalue weighted by molar-refractivity contribution is 0.0921. The molecule has 0 unspecified atom stereocenters. The highest BCUT2D eigenvalue weighted by Crippen LogP contribution is 2.14. The Morgan fingerprint density at radius 3 is 3.28 bits per heavy atom. The van der Waals surface area contributed by atoms with Gasteiger partial charge in [-0.25, -0.2) is 0 Å². The molecule has 2 aromatic heterocycles. The van der Waals surface area contributed by atoms with Crippen molar-refractivity contribution in [3.63, 3.8) is 0 Å². The van der Waals surface area contributed by atoms with Crippen molar-refractivity contribution in [2.45, 2.75) is 32.4 Å². The van der Waals surface area contributed by atoms with Crippen LogP contribution >= 0.6 is 0 Å². The van der Waals surface area contributed by atoms with Crippen LogP contribution < -0.4 is 5.32 Å². The Morgan fingerprint density at radius 2 is 2.50 bits per heavy atom. The van der Waals surface area contributed by atoms with Crippen molar-refractivity contribution in [2.24, 2.45) is 0 Å². The van der Waals surface area contributed by atoms with E-state index < -0.39 is 0 Å². The molecule has 0 aromatic carbocycles. The number of aryl methyl sites for hydroxylation is 2. The van der Waals surface area contributed by atoms with Gasteiger partial charge < -0.3 is 9.84 Å². The topological polar surface area (TPSA) is 73.0 Å². The van der Waals surface area contributed by atoms with E-state index in [9.17, 15) is 4.79 Å². The third kappa shape index (κ3) is 2.01. The van der Waals surface area contributed by atoms with Crippen molar-refractivity contribution in [3.05, 3.63) is 35.5 Å². The zero-order valence-corrected chi connectivity index (χ0v) is 10.1. The summed E-state index contributed by atoms with van der Waals surface area (Å²) in [4.78, 5) is 11.9. The summed E-state index contributed by atoms with van der Waals surface area (Å²) in [5.41, 5.74) is 1.49. The Bertz CT molecular complexity index is 572. The number of carbonyl (C=O) groups excluding carboxylic acids is 1. The Balaban J connectivity index is 1.66. The zero-order valence-electron chi connectivity index (χ0n) is 10.1. The van der Waals surface area contributed by atoms with E-state index in [2.05, 4.69) is 15.6 Å². The number of nitrogens with zero attached hydrogens (tertiary/aromatic N) is 3. The highest BCUT2D eigenvalue weighted by atomic mass is 16.5. The van der Waals surface area contributed by atoms with Crippen LogP contribution in [0.1, 0.15) is 28.4 Å². The van der Waals surface area contributed by atoms with Crippen LogP contribution in [0.25, 0.3) is 0 Å². The molecule has 0 bridgehead atoms. The molecule has 0 aliphatic carbocycles. The summed E-state index contributed by atoms with van der Waals surface area (Å²) in [6, 6.07) is 3.76. The van der Waals surface area contributed by atoms with Gasteiger partial charge in [-0.3, -0.25) is 9.48 Å². The molecule has 0 radical (unpaired) electrons. The van der Waals surface area contributed by atoms with E-state index in [0.717, 1.165) is 25.1 Å². The summed E-state index contributed by atoms with van der Waals surface area (Å²) < 4.78 is 6.87. The molecule has 3 heterocycles. The maximum atomic E-state index is 11.9. The first kappa shape index (κ1) is 11.0. The second kappa shape index (κ2) is 4.29. The van der Waals surface area contributed by atoms with Gasteiger partial charge >= 0.3 is 0 Å². The second-order valence-corrected chi connectivity index (χ2v) is 4.53. The second-order valence-electron chi connectivity index (χ2n) is 4.53. The average Bonchev–Trinajstić information content (AvgIpc) is 2.96. The van der Waals surface area contributed by atoms with Crippen molar-refractivity contribution in [2.75, 3.05) is 0 Å². The largest absolute Gasteiger partial charge is 0.361 e. The smallest absolute Gasteiger partial charge is 0.273 e. The molecule has 1 N–H and O–H groups in total. The van der Waals surface area contributed by atoms with E-state index in [4.69, 9.17) is 4.52 Å². The molecule has 1 amide bonds. The maximum Gasteiger partial charge on any atom is 0.273 e. The van der Waals surface area contributed by atoms with Crippen molar-refractivity contribution in [1.82, 2.24) is 20.3 Å². The van der Waals surface area contributed by atoms with Gasteiger partial charge in [0.2, 0.25) is 0 Å². The van der Waals surface area contributed by atoms with Crippen molar-refractivity contribution in [1.29, 1.82) is 0 Å². The molecule has 0 saturated heterocycles. The summed E-state index contributed by atoms with van der Waals surface area (Å²) in [7, 11) is 0. The molecule has 3 rings (SSSR count). The van der Waals surface area contributed by atoms with E-state index in [1.807, 2.05) is 10.7 Å². The molecule has 1 aliphatic rings. The predicted molar refractivity (Wildman–Crippen MR) is 63.0 cm³/mol. The van der Waals surface area contributed by atoms with E-state index in [1.54, 1.807) is 19.2 Å². The van der Waals surface area contributed by atoms with Gasteiger partial charge in [0, 0.05) is 37.0 Å². The fraction of sp³-hybridized carbons (Fsp3) is 0.417. The fourth-order valence-corrected chi connectivity index (χ4v) is 2.22. The lowest BCUT2D eigenvalue weighted by atomic mass is 10.0. The van der Waals surface area contributed by atoms with Crippen molar-refractivity contribution >= 4 is 5.91 Å². The SMILES string of the molecule is Cc1cc(C(=O)N[C@H]2CCn3nccc3C2)no1. The number of hydrogen-bond acceptors (Lipinski definition) is 4. The Hall–Kier alpha value is -2.11. The number of rotatable bonds is 2. The van der Waals surface area contributed by atoms with Crippen LogP contribution in [0.4, 0.5) is 0 Å². The zero-order chi connectivity index (χ0) is 12.5. The van der Waals surface area contributed by atoms with Crippen LogP contribution in [0.2, 0.25) is 0 Å². The van der Waals surface area contributed by atoms with Crippen LogP contribution in [-0.2, 0) is 13.0 Å². The molecule has 0 fully saturated rings. The lowest BCUT2D eigenvalue weighted by Gasteiger charge is -2.23. The van der Waals surface area contributed by atoms with Crippen LogP contribution in [0.5, 0.6) is 0 Å². The molecule has 0 spiro atoms. The van der Waals surface area contributed by atoms with Gasteiger partial charge in [-0.2, -0.15) is 5.10 Å². The van der Waals surface area contributed by atoms with Crippen LogP contribution in [0, 0.1) is 6.92 Å². The molecule has 94 valence electrons. The minimum atomic E-state index is -0.176. The van der Waals surface area contributed by atoms with E-state index in [-0.39, 0.29) is 11.9 Å². The molecule has 6 nitrogen and oxygen atoms in total. The third-order valence-corrected chi connectivity index (χ3v) is 3.15. The number of aromatic nitrogens is 3. The maximum absolute atomic E-state index is 11.9. The highest BCUT2D eigenvalue weighted by Gasteiger charge is 2.22. The Kier molecular flexibility index (Phi) is 2.62. The van der Waals surface area contributed by atoms with Gasteiger partial charge in [-0.05, 0) is 19.4 Å². The minimum Gasteiger partial charge on any atom is -0.361 e. The van der Waals surface area contributed by atoms with E-state index >= 15 is 0 Å². The first-order valence-corrected chi connectivity index (χ1v) is 5.97. The Labute approximate surface area is 104 Å². The third-order valence-electron chi connectivity index (χ3n) is 3.15. The van der Waals surface area contributed by atoms with Gasteiger partial charge in [0.1, 0.15) is 5.76 Å². The molecule has 1 atom stereocenters. The summed E-state index contributed by atoms with van der Waals surface area (Å²) in [6.45, 7) is 2.61. The quantitative estimate of drug-likeness (QED) is 0.855. The van der Waals surface area contributed by atoms with Gasteiger partial charge in [-0.15, -0.1) is 0 Å². The normalized spacial score (nSPS) is 18.4. The Morgan fingerprint density at radius 1 is 1.61 bits per heavy atom. The van der Waals surface area contributed by atoms with Crippen LogP contribution in [0.15, 0.2) is 22.9 Å². The first-order valence-electron chi connectivity index (χ1n) is 5.97. The molecular weight excluding hydrogens is 232 g/mol. The summed E-state index contributed by atoms with van der Waals surface area (Å²) in [6.07, 6.45) is 3.49. The lowest BCUT2D eigenvalue weighted by Crippen LogP contribution is -2.40. The van der Waals surface area contributed by atoms with Gasteiger partial charge in [0.25, 0.3) is 5.91 Å². The van der Waals surface area contributed by atoms with Gasteiger partial charge in [0.15, 0.2) is 5.69 Å². The minimum absolute atomic E-state index is 0.138. The standard InChI is InChI=1S/C12H14N4O2/c1-8-6-11(15-18-8)12(17)14-9-3-5-16-10(7-9)2-4-13-16/h2,4,6,9H,3,5,7H2,1H3,(H,14,17)/t9-/m0/s1. The van der Waals surface area contributed by atoms with Crippen LogP contribution in [0.3, 0.4) is 0 Å². The number of nitrogens with one attached hydrogen (secondary N) is 1. The van der Waals surface area contributed by atoms with Crippen molar-refractivity contribution in [3.8, 4) is 0 Å². The van der Waals surface area contributed by atoms with Gasteiger partial charge in [0.05, 0.1) is 0 Å². The molecule has 0 saturated carbocycles. The number of fused-ring (bicyclic) bond motifs is 1. The molecule has 18 heavy (non-hydrogen) atoms. The summed E-state index contributed by atoms with van der Waals surface area (Å²) in [5.74, 6) is 0.465. The van der Waals surface area contributed by atoms with Crippen LogP contribution in [-0.4, -0.2) is 26.9 Å². The average molecular weight is 246 g/mol. The molecule has 6 heteroatoms. The molecule has 1 aliphatic heterocycles. The number of carbonyl (C=O) groups is 1. The highest BCUT2D eigenvalue weighted by molar-refractivity contribution is 5.92. The number of hydrogen-bond donors (Lipinski definition) is 1. The van der Waals surface area contributed by atoms with Gasteiger partial charge in [-0.1, -0.05) is 5.16 Å². The number of amides is 1. The van der Waals surface area contributed by atoms with E-state index in [0.29, 0.717) is 11.5 Å². The summed E-state index contributed by atoms with van der Waals surface area (Å²) in [5, 5.41) is 10.9. The first-order chi connectivity index (χ1) is 8.72. The monoisotopic (exact) mass is 246 g/mol. The predicted octanol–water partition coefficient (Wildman–Crippen LogP) is 0.924. The summed E-state index contributed by atoms with van der Waals surface area (Å²) >= 11 is 0. The van der Waals surface area contributed by atoms with E-state index in [1.165, 1.54) is 0 Å². The molecule has 2 aromatic rings. The fourth-order valence-electron chi connectivity index (χ4n) is 2.22.